The molecule has 2 aromatic carbocycles. The van der Waals surface area contributed by atoms with E-state index >= 15 is 0 Å². The van der Waals surface area contributed by atoms with Gasteiger partial charge in [-0.1, -0.05) is 40.9 Å². The molecule has 0 heterocycles. The minimum absolute atomic E-state index is 0.129. The van der Waals surface area contributed by atoms with Gasteiger partial charge in [0.05, 0.1) is 17.0 Å². The van der Waals surface area contributed by atoms with Crippen molar-refractivity contribution in [1.82, 2.24) is 0 Å². The summed E-state index contributed by atoms with van der Waals surface area (Å²) in [6, 6.07) is 9.43. The summed E-state index contributed by atoms with van der Waals surface area (Å²) in [5, 5.41) is 3.65. The lowest BCUT2D eigenvalue weighted by Gasteiger charge is -2.23. The Morgan fingerprint density at radius 1 is 1.12 bits per heavy atom. The van der Waals surface area contributed by atoms with Crippen LogP contribution in [0.2, 0.25) is 15.1 Å². The number of nitrogens with one attached hydrogen (secondary N) is 1. The number of carbonyl (C=O) groups excluding carboxylic acids is 1. The van der Waals surface area contributed by atoms with Gasteiger partial charge >= 0.3 is 0 Å². The van der Waals surface area contributed by atoms with E-state index in [2.05, 4.69) is 5.32 Å². The van der Waals surface area contributed by atoms with Crippen molar-refractivity contribution >= 4 is 62.1 Å². The number of carbonyl (C=O) groups is 1. The molecular formula is C16H15Cl3N2O3S. The number of halogens is 3. The van der Waals surface area contributed by atoms with Crippen LogP contribution in [0.3, 0.4) is 0 Å². The zero-order chi connectivity index (χ0) is 18.8. The van der Waals surface area contributed by atoms with Crippen LogP contribution in [0.4, 0.5) is 11.4 Å². The molecule has 0 atom stereocenters. The largest absolute Gasteiger partial charge is 0.324 e. The first-order valence-corrected chi connectivity index (χ1v) is 10.1. The molecule has 0 saturated heterocycles. The maximum Gasteiger partial charge on any atom is 0.245 e. The lowest BCUT2D eigenvalue weighted by molar-refractivity contribution is -0.114. The van der Waals surface area contributed by atoms with Gasteiger partial charge in [-0.05, 0) is 42.8 Å². The molecule has 0 spiro atoms. The Morgan fingerprint density at radius 3 is 2.40 bits per heavy atom. The zero-order valence-electron chi connectivity index (χ0n) is 13.4. The van der Waals surface area contributed by atoms with Crippen LogP contribution in [-0.2, 0) is 14.8 Å². The van der Waals surface area contributed by atoms with Gasteiger partial charge in [0.15, 0.2) is 0 Å². The summed E-state index contributed by atoms with van der Waals surface area (Å²) in [4.78, 5) is 12.4. The number of benzene rings is 2. The van der Waals surface area contributed by atoms with Crippen molar-refractivity contribution < 1.29 is 13.2 Å². The molecule has 2 rings (SSSR count). The van der Waals surface area contributed by atoms with Crippen molar-refractivity contribution in [2.24, 2.45) is 0 Å². The quantitative estimate of drug-likeness (QED) is 0.780. The van der Waals surface area contributed by atoms with Gasteiger partial charge in [-0.25, -0.2) is 8.42 Å². The maximum absolute atomic E-state index is 12.4. The predicted octanol–water partition coefficient (Wildman–Crippen LogP) is 4.36. The molecule has 134 valence electrons. The van der Waals surface area contributed by atoms with Crippen LogP contribution >= 0.6 is 34.8 Å². The second kappa shape index (κ2) is 7.83. The van der Waals surface area contributed by atoms with Crippen LogP contribution in [0.5, 0.6) is 0 Å². The number of rotatable bonds is 5. The summed E-state index contributed by atoms with van der Waals surface area (Å²) in [5.74, 6) is -0.526. The minimum Gasteiger partial charge on any atom is -0.324 e. The lowest BCUT2D eigenvalue weighted by atomic mass is 10.2. The standard InChI is InChI=1S/C16H15Cl3N2O3S/c1-10-12(18)4-3-5-14(10)20-16(22)9-21(25(2,23)24)15-7-6-11(17)8-13(15)19/h3-8H,9H2,1-2H3,(H,20,22). The van der Waals surface area contributed by atoms with Crippen LogP contribution in [-0.4, -0.2) is 27.1 Å². The van der Waals surface area contributed by atoms with E-state index in [0.29, 0.717) is 21.3 Å². The normalized spacial score (nSPS) is 11.2. The Hall–Kier alpha value is -1.47. The van der Waals surface area contributed by atoms with E-state index in [1.165, 1.54) is 18.2 Å². The van der Waals surface area contributed by atoms with Crippen molar-refractivity contribution in [2.75, 3.05) is 22.4 Å². The highest BCUT2D eigenvalue weighted by molar-refractivity contribution is 7.92. The van der Waals surface area contributed by atoms with Crippen LogP contribution in [0.25, 0.3) is 0 Å². The smallest absolute Gasteiger partial charge is 0.245 e. The SMILES string of the molecule is Cc1c(Cl)cccc1NC(=O)CN(c1ccc(Cl)cc1Cl)S(C)(=O)=O. The lowest BCUT2D eigenvalue weighted by Crippen LogP contribution is -2.37. The molecule has 1 amide bonds. The van der Waals surface area contributed by atoms with Crippen LogP contribution < -0.4 is 9.62 Å². The summed E-state index contributed by atoms with van der Waals surface area (Å²) in [7, 11) is -3.74. The number of nitrogens with zero attached hydrogens (tertiary/aromatic N) is 1. The summed E-state index contributed by atoms with van der Waals surface area (Å²) < 4.78 is 25.1. The minimum atomic E-state index is -3.74. The molecule has 0 aliphatic heterocycles. The Morgan fingerprint density at radius 2 is 1.80 bits per heavy atom. The zero-order valence-corrected chi connectivity index (χ0v) is 16.5. The Labute approximate surface area is 161 Å². The Bertz CT molecular complexity index is 917. The third-order valence-electron chi connectivity index (χ3n) is 3.41. The number of sulfonamides is 1. The molecule has 0 radical (unpaired) electrons. The third-order valence-corrected chi connectivity index (χ3v) is 5.48. The first-order valence-electron chi connectivity index (χ1n) is 7.07. The van der Waals surface area contributed by atoms with Crippen LogP contribution in [0.1, 0.15) is 5.56 Å². The maximum atomic E-state index is 12.4. The van der Waals surface area contributed by atoms with Gasteiger partial charge in [0, 0.05) is 15.7 Å². The molecular weight excluding hydrogens is 407 g/mol. The van der Waals surface area contributed by atoms with Crippen LogP contribution in [0, 0.1) is 6.92 Å². The van der Waals surface area contributed by atoms with E-state index in [-0.39, 0.29) is 10.7 Å². The molecule has 0 aliphatic rings. The van der Waals surface area contributed by atoms with E-state index in [9.17, 15) is 13.2 Å². The summed E-state index contributed by atoms with van der Waals surface area (Å²) in [6.07, 6.45) is 0.996. The molecule has 9 heteroatoms. The van der Waals surface area contributed by atoms with Gasteiger partial charge in [-0.2, -0.15) is 0 Å². The fraction of sp³-hybridized carbons (Fsp3) is 0.188. The fourth-order valence-electron chi connectivity index (χ4n) is 2.13. The number of hydrogen-bond donors (Lipinski definition) is 1. The van der Waals surface area contributed by atoms with E-state index in [1.807, 2.05) is 0 Å². The molecule has 0 aliphatic carbocycles. The highest BCUT2D eigenvalue weighted by Gasteiger charge is 2.23. The van der Waals surface area contributed by atoms with Gasteiger partial charge in [-0.15, -0.1) is 0 Å². The average Bonchev–Trinajstić information content (AvgIpc) is 2.49. The van der Waals surface area contributed by atoms with Gasteiger partial charge in [0.2, 0.25) is 15.9 Å². The number of amides is 1. The molecule has 0 bridgehead atoms. The van der Waals surface area contributed by atoms with E-state index < -0.39 is 22.5 Å². The predicted molar refractivity (Wildman–Crippen MR) is 103 cm³/mol. The van der Waals surface area contributed by atoms with Gasteiger partial charge in [0.1, 0.15) is 6.54 Å². The molecule has 0 aromatic heterocycles. The van der Waals surface area contributed by atoms with Gasteiger partial charge < -0.3 is 5.32 Å². The number of hydrogen-bond acceptors (Lipinski definition) is 3. The molecule has 25 heavy (non-hydrogen) atoms. The van der Waals surface area contributed by atoms with E-state index in [1.54, 1.807) is 25.1 Å². The summed E-state index contributed by atoms with van der Waals surface area (Å²) in [6.45, 7) is 1.31. The van der Waals surface area contributed by atoms with Gasteiger partial charge in [-0.3, -0.25) is 9.10 Å². The second-order valence-corrected chi connectivity index (χ2v) is 8.48. The molecule has 2 aromatic rings. The van der Waals surface area contributed by atoms with Crippen molar-refractivity contribution in [3.63, 3.8) is 0 Å². The average molecular weight is 422 g/mol. The Balaban J connectivity index is 2.29. The van der Waals surface area contributed by atoms with E-state index in [0.717, 1.165) is 10.6 Å². The second-order valence-electron chi connectivity index (χ2n) is 5.33. The fourth-order valence-corrected chi connectivity index (χ4v) is 3.73. The van der Waals surface area contributed by atoms with Crippen molar-refractivity contribution in [3.8, 4) is 0 Å². The topological polar surface area (TPSA) is 66.5 Å². The van der Waals surface area contributed by atoms with Crippen molar-refractivity contribution in [2.45, 2.75) is 6.92 Å². The molecule has 0 unspecified atom stereocenters. The summed E-state index contributed by atoms with van der Waals surface area (Å²) in [5.41, 5.74) is 1.37. The molecule has 0 saturated carbocycles. The van der Waals surface area contributed by atoms with Crippen molar-refractivity contribution in [3.05, 3.63) is 57.0 Å². The van der Waals surface area contributed by atoms with Crippen molar-refractivity contribution in [1.29, 1.82) is 0 Å². The first kappa shape index (κ1) is 19.8. The van der Waals surface area contributed by atoms with Gasteiger partial charge in [0.25, 0.3) is 0 Å². The monoisotopic (exact) mass is 420 g/mol. The molecule has 0 fully saturated rings. The highest BCUT2D eigenvalue weighted by Crippen LogP contribution is 2.30. The molecule has 1 N–H and O–H groups in total. The third kappa shape index (κ3) is 5.01. The summed E-state index contributed by atoms with van der Waals surface area (Å²) >= 11 is 17.9. The molecule has 5 nitrogen and oxygen atoms in total. The number of anilines is 2. The highest BCUT2D eigenvalue weighted by atomic mass is 35.5. The van der Waals surface area contributed by atoms with E-state index in [4.69, 9.17) is 34.8 Å². The van der Waals surface area contributed by atoms with Crippen LogP contribution in [0.15, 0.2) is 36.4 Å². The first-order chi connectivity index (χ1) is 11.6. The Kier molecular flexibility index (Phi) is 6.21.